The molecular formula is C14H9ClINO2. The van der Waals surface area contributed by atoms with Gasteiger partial charge in [0.15, 0.2) is 0 Å². The number of phenolic OH excluding ortho intramolecular Hbond substituents is 1. The van der Waals surface area contributed by atoms with Crippen molar-refractivity contribution in [2.75, 3.05) is 5.32 Å². The summed E-state index contributed by atoms with van der Waals surface area (Å²) in [5.74, 6) is -0.573. The fraction of sp³-hybridized carbons (Fsp3) is 0.0714. The van der Waals surface area contributed by atoms with Gasteiger partial charge in [-0.1, -0.05) is 17.7 Å². The summed E-state index contributed by atoms with van der Waals surface area (Å²) >= 11 is 8.14. The molecule has 19 heavy (non-hydrogen) atoms. The van der Waals surface area contributed by atoms with E-state index >= 15 is 0 Å². The fourth-order valence-electron chi connectivity index (χ4n) is 2.30. The van der Waals surface area contributed by atoms with Gasteiger partial charge in [0.2, 0.25) is 5.91 Å². The minimum absolute atomic E-state index is 0.0796. The highest BCUT2D eigenvalue weighted by Crippen LogP contribution is 2.41. The maximum Gasteiger partial charge on any atom is 0.236 e. The van der Waals surface area contributed by atoms with Gasteiger partial charge < -0.3 is 10.4 Å². The minimum Gasteiger partial charge on any atom is -0.508 e. The molecule has 1 aliphatic heterocycles. The molecule has 2 aromatic carbocycles. The van der Waals surface area contributed by atoms with Gasteiger partial charge in [0.25, 0.3) is 0 Å². The van der Waals surface area contributed by atoms with Crippen LogP contribution in [0.25, 0.3) is 0 Å². The quantitative estimate of drug-likeness (QED) is 0.735. The number of fused-ring (bicyclic) bond motifs is 1. The number of aromatic hydroxyl groups is 1. The highest BCUT2D eigenvalue weighted by Gasteiger charge is 2.33. The fourth-order valence-corrected chi connectivity index (χ4v) is 2.97. The summed E-state index contributed by atoms with van der Waals surface area (Å²) in [5, 5.41) is 13.3. The highest BCUT2D eigenvalue weighted by molar-refractivity contribution is 14.1. The second kappa shape index (κ2) is 4.68. The van der Waals surface area contributed by atoms with Crippen LogP contribution in [-0.4, -0.2) is 11.0 Å². The second-order valence-corrected chi connectivity index (χ2v) is 6.04. The molecule has 2 N–H and O–H groups in total. The maximum absolute atomic E-state index is 12.1. The van der Waals surface area contributed by atoms with Crippen LogP contribution in [0, 0.1) is 3.57 Å². The van der Waals surface area contributed by atoms with Crippen LogP contribution in [0.5, 0.6) is 5.75 Å². The van der Waals surface area contributed by atoms with E-state index in [0.717, 1.165) is 14.8 Å². The van der Waals surface area contributed by atoms with Crippen LogP contribution in [0.3, 0.4) is 0 Å². The number of hydrogen-bond acceptors (Lipinski definition) is 2. The van der Waals surface area contributed by atoms with Crippen molar-refractivity contribution in [2.45, 2.75) is 5.92 Å². The number of amides is 1. The molecular weight excluding hydrogens is 377 g/mol. The van der Waals surface area contributed by atoms with Gasteiger partial charge in [-0.05, 0) is 58.5 Å². The summed E-state index contributed by atoms with van der Waals surface area (Å²) in [5.41, 5.74) is 2.19. The van der Waals surface area contributed by atoms with Crippen molar-refractivity contribution in [3.05, 3.63) is 56.1 Å². The van der Waals surface area contributed by atoms with Gasteiger partial charge in [0.05, 0.1) is 5.92 Å². The molecule has 5 heteroatoms. The third-order valence-corrected chi connectivity index (χ3v) is 4.05. The first kappa shape index (κ1) is 12.7. The van der Waals surface area contributed by atoms with Crippen molar-refractivity contribution < 1.29 is 9.90 Å². The van der Waals surface area contributed by atoms with Gasteiger partial charge in [0.1, 0.15) is 5.75 Å². The minimum atomic E-state index is -0.509. The van der Waals surface area contributed by atoms with Crippen molar-refractivity contribution in [1.82, 2.24) is 0 Å². The number of carbonyl (C=O) groups excluding carboxylic acids is 1. The Morgan fingerprint density at radius 3 is 2.74 bits per heavy atom. The standard InChI is InChI=1S/C14H9ClINO2/c15-7-1-4-12(18)10(5-7)13-9-3-2-8(16)6-11(9)17-14(13)19/h1-6,13,18H,(H,17,19). The molecule has 1 amide bonds. The van der Waals surface area contributed by atoms with Crippen LogP contribution < -0.4 is 5.32 Å². The summed E-state index contributed by atoms with van der Waals surface area (Å²) in [6.07, 6.45) is 0. The molecule has 1 unspecified atom stereocenters. The molecule has 3 nitrogen and oxygen atoms in total. The second-order valence-electron chi connectivity index (χ2n) is 4.36. The van der Waals surface area contributed by atoms with E-state index in [2.05, 4.69) is 27.9 Å². The van der Waals surface area contributed by atoms with Gasteiger partial charge in [0, 0.05) is 19.8 Å². The third kappa shape index (κ3) is 2.19. The summed E-state index contributed by atoms with van der Waals surface area (Å²) in [7, 11) is 0. The van der Waals surface area contributed by atoms with E-state index in [-0.39, 0.29) is 11.7 Å². The summed E-state index contributed by atoms with van der Waals surface area (Å²) < 4.78 is 1.05. The molecule has 0 aliphatic carbocycles. The maximum atomic E-state index is 12.1. The van der Waals surface area contributed by atoms with Crippen molar-refractivity contribution in [3.63, 3.8) is 0 Å². The van der Waals surface area contributed by atoms with E-state index in [1.54, 1.807) is 12.1 Å². The zero-order chi connectivity index (χ0) is 13.6. The monoisotopic (exact) mass is 385 g/mol. The van der Waals surface area contributed by atoms with E-state index in [0.29, 0.717) is 10.6 Å². The number of halogens is 2. The first-order valence-corrected chi connectivity index (χ1v) is 7.10. The zero-order valence-corrected chi connectivity index (χ0v) is 12.6. The molecule has 0 fully saturated rings. The molecule has 1 heterocycles. The van der Waals surface area contributed by atoms with Crippen molar-refractivity contribution >= 4 is 45.8 Å². The lowest BCUT2D eigenvalue weighted by Crippen LogP contribution is -2.13. The Morgan fingerprint density at radius 1 is 1.16 bits per heavy atom. The van der Waals surface area contributed by atoms with Crippen molar-refractivity contribution in [2.24, 2.45) is 0 Å². The smallest absolute Gasteiger partial charge is 0.236 e. The van der Waals surface area contributed by atoms with Crippen LogP contribution in [0.1, 0.15) is 17.0 Å². The van der Waals surface area contributed by atoms with Crippen LogP contribution in [0.2, 0.25) is 5.02 Å². The molecule has 0 aromatic heterocycles. The topological polar surface area (TPSA) is 49.3 Å². The van der Waals surface area contributed by atoms with Crippen molar-refractivity contribution in [1.29, 1.82) is 0 Å². The van der Waals surface area contributed by atoms with Gasteiger partial charge in [-0.2, -0.15) is 0 Å². The lowest BCUT2D eigenvalue weighted by atomic mass is 9.92. The SMILES string of the molecule is O=C1Nc2cc(I)ccc2C1c1cc(Cl)ccc1O. The third-order valence-electron chi connectivity index (χ3n) is 3.15. The Balaban J connectivity index is 2.16. The van der Waals surface area contributed by atoms with Gasteiger partial charge in [-0.15, -0.1) is 0 Å². The van der Waals surface area contributed by atoms with E-state index in [1.807, 2.05) is 18.2 Å². The molecule has 2 aromatic rings. The Labute approximate surface area is 128 Å². The van der Waals surface area contributed by atoms with E-state index in [1.165, 1.54) is 6.07 Å². The molecule has 0 radical (unpaired) electrons. The van der Waals surface area contributed by atoms with E-state index in [4.69, 9.17) is 11.6 Å². The number of rotatable bonds is 1. The largest absolute Gasteiger partial charge is 0.508 e. The number of carbonyl (C=O) groups is 1. The lowest BCUT2D eigenvalue weighted by Gasteiger charge is -2.11. The van der Waals surface area contributed by atoms with Crippen molar-refractivity contribution in [3.8, 4) is 5.75 Å². The number of hydrogen-bond donors (Lipinski definition) is 2. The summed E-state index contributed by atoms with van der Waals surface area (Å²) in [6.45, 7) is 0. The normalized spacial score (nSPS) is 17.2. The Kier molecular flexibility index (Phi) is 3.14. The molecule has 1 atom stereocenters. The molecule has 0 saturated carbocycles. The van der Waals surface area contributed by atoms with Gasteiger partial charge >= 0.3 is 0 Å². The Bertz CT molecular complexity index is 687. The molecule has 3 rings (SSSR count). The number of phenols is 1. The van der Waals surface area contributed by atoms with Crippen LogP contribution >= 0.6 is 34.2 Å². The van der Waals surface area contributed by atoms with E-state index < -0.39 is 5.92 Å². The van der Waals surface area contributed by atoms with Gasteiger partial charge in [-0.25, -0.2) is 0 Å². The first-order chi connectivity index (χ1) is 9.06. The summed E-state index contributed by atoms with van der Waals surface area (Å²) in [4.78, 5) is 12.1. The lowest BCUT2D eigenvalue weighted by molar-refractivity contribution is -0.116. The number of benzene rings is 2. The molecule has 0 bridgehead atoms. The number of anilines is 1. The highest BCUT2D eigenvalue weighted by atomic mass is 127. The van der Waals surface area contributed by atoms with Crippen LogP contribution in [-0.2, 0) is 4.79 Å². The average Bonchev–Trinajstić information content (AvgIpc) is 2.67. The van der Waals surface area contributed by atoms with Crippen LogP contribution in [0.15, 0.2) is 36.4 Å². The van der Waals surface area contributed by atoms with E-state index in [9.17, 15) is 9.90 Å². The molecule has 0 spiro atoms. The Hall–Kier alpha value is -1.27. The number of nitrogens with one attached hydrogen (secondary N) is 1. The zero-order valence-electron chi connectivity index (χ0n) is 9.65. The molecule has 0 saturated heterocycles. The Morgan fingerprint density at radius 2 is 1.95 bits per heavy atom. The summed E-state index contributed by atoms with van der Waals surface area (Å²) in [6, 6.07) is 10.5. The predicted octanol–water partition coefficient (Wildman–Crippen LogP) is 3.73. The molecule has 96 valence electrons. The average molecular weight is 386 g/mol. The first-order valence-electron chi connectivity index (χ1n) is 5.65. The van der Waals surface area contributed by atoms with Crippen LogP contribution in [0.4, 0.5) is 5.69 Å². The van der Waals surface area contributed by atoms with Gasteiger partial charge in [-0.3, -0.25) is 4.79 Å². The molecule has 1 aliphatic rings. The predicted molar refractivity (Wildman–Crippen MR) is 82.7 cm³/mol.